The quantitative estimate of drug-likeness (QED) is 0.449. The Morgan fingerprint density at radius 3 is 1.88 bits per heavy atom. The molecule has 4 bridgehead atoms. The summed E-state index contributed by atoms with van der Waals surface area (Å²) in [4.78, 5) is 2.78. The molecule has 0 radical (unpaired) electrons. The molecular weight excluding hydrogens is 217 g/mol. The maximum absolute atomic E-state index is 2.78. The third-order valence-electron chi connectivity index (χ3n) is 5.00. The lowest BCUT2D eigenvalue weighted by molar-refractivity contribution is -0.943. The minimum Gasteiger partial charge on any atom is -0.289 e. The smallest absolute Gasteiger partial charge is 0.188 e. The Bertz CT molecular complexity index is 285. The van der Waals surface area contributed by atoms with Crippen LogP contribution >= 0.6 is 7.26 Å². The molecule has 92 valence electrons. The van der Waals surface area contributed by atoms with Gasteiger partial charge in [0, 0.05) is 0 Å². The molecule has 0 aliphatic carbocycles. The van der Waals surface area contributed by atoms with Crippen LogP contribution in [0.1, 0.15) is 0 Å². The molecule has 3 aliphatic rings. The van der Waals surface area contributed by atoms with Gasteiger partial charge >= 0.3 is 0 Å². The summed E-state index contributed by atoms with van der Waals surface area (Å²) in [6.07, 6.45) is 4.48. The Morgan fingerprint density at radius 1 is 0.875 bits per heavy atom. The van der Waals surface area contributed by atoms with Crippen molar-refractivity contribution in [2.75, 3.05) is 78.9 Å². The first-order valence-electron chi connectivity index (χ1n) is 6.64. The first-order valence-corrected chi connectivity index (χ1v) is 9.43. The van der Waals surface area contributed by atoms with Crippen molar-refractivity contribution in [3.05, 3.63) is 0 Å². The highest BCUT2D eigenvalue weighted by molar-refractivity contribution is 7.74. The fourth-order valence-corrected chi connectivity index (χ4v) is 9.65. The zero-order chi connectivity index (χ0) is 11.4. The molecule has 3 rings (SSSR count). The number of likely N-dealkylation sites (N-methyl/N-ethyl adjacent to an activating group) is 2. The highest BCUT2D eigenvalue weighted by Crippen LogP contribution is 2.61. The van der Waals surface area contributed by atoms with Gasteiger partial charge in [0.05, 0.1) is 46.9 Å². The highest BCUT2D eigenvalue weighted by atomic mass is 31.2. The molecule has 0 aromatic rings. The Morgan fingerprint density at radius 2 is 1.38 bits per heavy atom. The molecule has 3 heterocycles. The molecule has 0 N–H and O–H groups in total. The highest BCUT2D eigenvalue weighted by Gasteiger charge is 2.55. The molecule has 3 saturated heterocycles. The number of rotatable bonds is 0. The molecule has 0 aromatic carbocycles. The van der Waals surface area contributed by atoms with E-state index in [9.17, 15) is 0 Å². The van der Waals surface area contributed by atoms with Crippen LogP contribution in [0.3, 0.4) is 0 Å². The lowest BCUT2D eigenvalue weighted by Gasteiger charge is -2.31. The standard InChI is InChI=1S/C12H27N3P/c1-14-6-4-13-5-7-15(2,9-8-14)12-16(3,10-13)11-14/h4-12H2,1-3H3/q+3. The normalized spacial score (nSPS) is 56.8. The van der Waals surface area contributed by atoms with Crippen molar-refractivity contribution in [2.24, 2.45) is 0 Å². The molecule has 3 nitrogen and oxygen atoms in total. The largest absolute Gasteiger partial charge is 0.289 e. The minimum atomic E-state index is -0.711. The van der Waals surface area contributed by atoms with Gasteiger partial charge in [-0.2, -0.15) is 0 Å². The molecule has 0 aromatic heterocycles. The van der Waals surface area contributed by atoms with Crippen molar-refractivity contribution in [2.45, 2.75) is 0 Å². The predicted octanol–water partition coefficient (Wildman–Crippen LogP) is 0.742. The van der Waals surface area contributed by atoms with E-state index < -0.39 is 7.26 Å². The molecule has 3 fully saturated rings. The van der Waals surface area contributed by atoms with Crippen LogP contribution in [0, 0.1) is 0 Å². The Labute approximate surface area is 101 Å². The summed E-state index contributed by atoms with van der Waals surface area (Å²) in [5.74, 6) is 0. The zero-order valence-electron chi connectivity index (χ0n) is 11.2. The van der Waals surface area contributed by atoms with Crippen LogP contribution in [0.2, 0.25) is 0 Å². The zero-order valence-corrected chi connectivity index (χ0v) is 12.0. The van der Waals surface area contributed by atoms with E-state index in [0.29, 0.717) is 0 Å². The Kier molecular flexibility index (Phi) is 2.43. The lowest BCUT2D eigenvalue weighted by atomic mass is 10.4. The van der Waals surface area contributed by atoms with E-state index >= 15 is 0 Å². The van der Waals surface area contributed by atoms with Crippen LogP contribution in [0.15, 0.2) is 0 Å². The number of quaternary nitrogens is 2. The van der Waals surface area contributed by atoms with Crippen molar-refractivity contribution < 1.29 is 8.97 Å². The summed E-state index contributed by atoms with van der Waals surface area (Å²) in [6, 6.07) is 0. The molecule has 0 amide bonds. The van der Waals surface area contributed by atoms with Crippen LogP contribution in [0.5, 0.6) is 0 Å². The van der Waals surface area contributed by atoms with E-state index in [1.54, 1.807) is 0 Å². The van der Waals surface area contributed by atoms with Crippen LogP contribution in [-0.2, 0) is 0 Å². The molecule has 2 unspecified atom stereocenters. The van der Waals surface area contributed by atoms with Crippen molar-refractivity contribution in [3.8, 4) is 0 Å². The van der Waals surface area contributed by atoms with Crippen LogP contribution in [0.4, 0.5) is 0 Å². The number of hydrogen-bond acceptors (Lipinski definition) is 1. The van der Waals surface area contributed by atoms with Crippen molar-refractivity contribution in [1.29, 1.82) is 0 Å². The second-order valence-corrected chi connectivity index (χ2v) is 11.4. The third kappa shape index (κ3) is 1.92. The predicted molar refractivity (Wildman–Crippen MR) is 70.9 cm³/mol. The average Bonchev–Trinajstić information content (AvgIpc) is 2.41. The SMILES string of the molecule is C[N+]12CCN3CC[N+](C)(CC1)C[P+](C)(C3)C2. The maximum atomic E-state index is 2.78. The minimum absolute atomic E-state index is 0.711. The van der Waals surface area contributed by atoms with Gasteiger partial charge in [-0.3, -0.25) is 13.9 Å². The monoisotopic (exact) mass is 244 g/mol. The van der Waals surface area contributed by atoms with Crippen LogP contribution < -0.4 is 0 Å². The molecule has 0 saturated carbocycles. The maximum Gasteiger partial charge on any atom is 0.188 e. The van der Waals surface area contributed by atoms with Gasteiger partial charge in [0.25, 0.3) is 0 Å². The first-order chi connectivity index (χ1) is 7.41. The van der Waals surface area contributed by atoms with Gasteiger partial charge in [0.1, 0.15) is 26.6 Å². The van der Waals surface area contributed by atoms with Crippen molar-refractivity contribution in [3.63, 3.8) is 0 Å². The van der Waals surface area contributed by atoms with Gasteiger partial charge in [-0.25, -0.2) is 0 Å². The summed E-state index contributed by atoms with van der Waals surface area (Å²) in [5, 5.41) is 0. The fourth-order valence-electron chi connectivity index (χ4n) is 4.27. The van der Waals surface area contributed by atoms with Gasteiger partial charge in [-0.1, -0.05) is 0 Å². The van der Waals surface area contributed by atoms with Gasteiger partial charge < -0.3 is 0 Å². The number of nitrogens with zero attached hydrogens (tertiary/aromatic N) is 3. The summed E-state index contributed by atoms with van der Waals surface area (Å²) >= 11 is 0. The summed E-state index contributed by atoms with van der Waals surface area (Å²) < 4.78 is 2.74. The van der Waals surface area contributed by atoms with E-state index in [2.05, 4.69) is 25.7 Å². The van der Waals surface area contributed by atoms with Crippen LogP contribution in [-0.4, -0.2) is 92.8 Å². The Balaban J connectivity index is 2.03. The molecule has 0 spiro atoms. The lowest BCUT2D eigenvalue weighted by Crippen LogP contribution is -2.51. The fraction of sp³-hybridized carbons (Fsp3) is 1.00. The second-order valence-electron chi connectivity index (χ2n) is 7.30. The van der Waals surface area contributed by atoms with Gasteiger partial charge in [-0.15, -0.1) is 0 Å². The van der Waals surface area contributed by atoms with E-state index in [0.717, 1.165) is 0 Å². The van der Waals surface area contributed by atoms with Crippen molar-refractivity contribution >= 4 is 7.26 Å². The summed E-state index contributed by atoms with van der Waals surface area (Å²) in [5.41, 5.74) is 0. The van der Waals surface area contributed by atoms with E-state index in [1.807, 2.05) is 0 Å². The molecule has 4 heteroatoms. The van der Waals surface area contributed by atoms with Crippen molar-refractivity contribution in [1.82, 2.24) is 4.90 Å². The second kappa shape index (κ2) is 3.41. The average molecular weight is 244 g/mol. The number of hydrogen-bond donors (Lipinski definition) is 0. The first kappa shape index (κ1) is 11.4. The van der Waals surface area contributed by atoms with E-state index in [4.69, 9.17) is 0 Å². The van der Waals surface area contributed by atoms with Gasteiger partial charge in [0.2, 0.25) is 0 Å². The van der Waals surface area contributed by atoms with E-state index in [1.165, 1.54) is 67.1 Å². The molecular formula is C12H27N3P+3. The van der Waals surface area contributed by atoms with Gasteiger partial charge in [0.15, 0.2) is 12.6 Å². The van der Waals surface area contributed by atoms with Crippen LogP contribution in [0.25, 0.3) is 0 Å². The Hall–Kier alpha value is 0.310. The molecule has 2 atom stereocenters. The van der Waals surface area contributed by atoms with E-state index in [-0.39, 0.29) is 0 Å². The number of fused-ring (bicyclic) bond motifs is 3. The van der Waals surface area contributed by atoms with Gasteiger partial charge in [-0.05, 0) is 0 Å². The molecule has 3 aliphatic heterocycles. The molecule has 16 heavy (non-hydrogen) atoms. The topological polar surface area (TPSA) is 3.24 Å². The summed E-state index contributed by atoms with van der Waals surface area (Å²) in [6.45, 7) is 11.0. The third-order valence-corrected chi connectivity index (χ3v) is 8.81. The summed E-state index contributed by atoms with van der Waals surface area (Å²) in [7, 11) is 4.32.